The number of nitrogens with one attached hydrogen (secondary N) is 2. The van der Waals surface area contributed by atoms with Gasteiger partial charge in [0, 0.05) is 13.1 Å². The van der Waals surface area contributed by atoms with Crippen LogP contribution in [0, 0.1) is 0 Å². The molecule has 0 aromatic heterocycles. The zero-order valence-electron chi connectivity index (χ0n) is 7.75. The van der Waals surface area contributed by atoms with Crippen LogP contribution in [0.3, 0.4) is 0 Å². The molecule has 2 rings (SSSR count). The van der Waals surface area contributed by atoms with E-state index in [1.807, 2.05) is 0 Å². The highest BCUT2D eigenvalue weighted by Gasteiger charge is 2.44. The van der Waals surface area contributed by atoms with Gasteiger partial charge >= 0.3 is 6.09 Å². The summed E-state index contributed by atoms with van der Waals surface area (Å²) in [6, 6.07) is 0. The maximum Gasteiger partial charge on any atom is 0.407 e. The average Bonchev–Trinajstić information content (AvgIpc) is 2.49. The van der Waals surface area contributed by atoms with Crippen molar-refractivity contribution in [1.82, 2.24) is 15.5 Å². The predicted octanol–water partition coefficient (Wildman–Crippen LogP) is -0.824. The summed E-state index contributed by atoms with van der Waals surface area (Å²) in [5.74, 6) is 0.00235. The van der Waals surface area contributed by atoms with Crippen LogP contribution in [0.4, 0.5) is 4.79 Å². The minimum atomic E-state index is -0.904. The maximum absolute atomic E-state index is 11.5. The molecule has 1 spiro atoms. The van der Waals surface area contributed by atoms with Crippen molar-refractivity contribution in [1.29, 1.82) is 0 Å². The summed E-state index contributed by atoms with van der Waals surface area (Å²) < 4.78 is 0. The molecule has 14 heavy (non-hydrogen) atoms. The van der Waals surface area contributed by atoms with Gasteiger partial charge in [0.25, 0.3) is 0 Å². The second-order valence-corrected chi connectivity index (χ2v) is 3.71. The van der Waals surface area contributed by atoms with E-state index >= 15 is 0 Å². The molecule has 2 aliphatic heterocycles. The first-order valence-electron chi connectivity index (χ1n) is 4.65. The molecule has 0 aromatic carbocycles. The number of piperidine rings is 1. The fourth-order valence-electron chi connectivity index (χ4n) is 2.03. The smallest absolute Gasteiger partial charge is 0.407 e. The first-order valence-corrected chi connectivity index (χ1v) is 4.65. The van der Waals surface area contributed by atoms with Gasteiger partial charge in [-0.25, -0.2) is 4.79 Å². The van der Waals surface area contributed by atoms with Gasteiger partial charge in [-0.1, -0.05) is 0 Å². The topological polar surface area (TPSA) is 81.7 Å². The Morgan fingerprint density at radius 2 is 2.07 bits per heavy atom. The Balaban J connectivity index is 2.01. The fourth-order valence-corrected chi connectivity index (χ4v) is 2.03. The third kappa shape index (κ3) is 1.31. The van der Waals surface area contributed by atoms with E-state index in [1.165, 1.54) is 4.90 Å². The minimum absolute atomic E-state index is 0.00235. The Bertz CT molecular complexity index is 271. The SMILES string of the molecule is O=C(O)N1CCC2(CC1)NCNC2=O. The molecule has 0 radical (unpaired) electrons. The lowest BCUT2D eigenvalue weighted by molar-refractivity contribution is -0.125. The van der Waals surface area contributed by atoms with Crippen LogP contribution in [0.5, 0.6) is 0 Å². The van der Waals surface area contributed by atoms with E-state index in [0.29, 0.717) is 32.6 Å². The largest absolute Gasteiger partial charge is 0.465 e. The lowest BCUT2D eigenvalue weighted by atomic mass is 9.88. The van der Waals surface area contributed by atoms with Gasteiger partial charge in [-0.3, -0.25) is 10.1 Å². The van der Waals surface area contributed by atoms with Gasteiger partial charge < -0.3 is 15.3 Å². The van der Waals surface area contributed by atoms with Crippen molar-refractivity contribution in [3.63, 3.8) is 0 Å². The molecule has 2 aliphatic rings. The molecule has 0 atom stereocenters. The Hall–Kier alpha value is -1.30. The van der Waals surface area contributed by atoms with Crippen LogP contribution < -0.4 is 10.6 Å². The first kappa shape index (κ1) is 9.26. The van der Waals surface area contributed by atoms with E-state index in [1.54, 1.807) is 0 Å². The number of likely N-dealkylation sites (tertiary alicyclic amines) is 1. The third-order valence-electron chi connectivity index (χ3n) is 3.00. The summed E-state index contributed by atoms with van der Waals surface area (Å²) in [4.78, 5) is 23.5. The highest BCUT2D eigenvalue weighted by atomic mass is 16.4. The number of amides is 2. The Kier molecular flexibility index (Phi) is 2.07. The van der Waals surface area contributed by atoms with Crippen molar-refractivity contribution in [2.45, 2.75) is 18.4 Å². The summed E-state index contributed by atoms with van der Waals surface area (Å²) >= 11 is 0. The van der Waals surface area contributed by atoms with Gasteiger partial charge in [0.1, 0.15) is 5.54 Å². The van der Waals surface area contributed by atoms with Crippen molar-refractivity contribution < 1.29 is 14.7 Å². The van der Waals surface area contributed by atoms with Gasteiger partial charge in [0.15, 0.2) is 0 Å². The quantitative estimate of drug-likeness (QED) is 0.476. The van der Waals surface area contributed by atoms with Crippen LogP contribution in [0.2, 0.25) is 0 Å². The molecule has 0 aromatic rings. The number of carboxylic acid groups (broad SMARTS) is 1. The number of nitrogens with zero attached hydrogens (tertiary/aromatic N) is 1. The normalized spacial score (nSPS) is 25.1. The molecule has 6 nitrogen and oxygen atoms in total. The summed E-state index contributed by atoms with van der Waals surface area (Å²) in [5.41, 5.74) is -0.508. The molecule has 0 aliphatic carbocycles. The van der Waals surface area contributed by atoms with Crippen LogP contribution in [-0.4, -0.2) is 47.3 Å². The van der Waals surface area contributed by atoms with Crippen LogP contribution in [0.1, 0.15) is 12.8 Å². The molecular weight excluding hydrogens is 186 g/mol. The van der Waals surface area contributed by atoms with Crippen LogP contribution in [0.15, 0.2) is 0 Å². The van der Waals surface area contributed by atoms with E-state index in [0.717, 1.165) is 0 Å². The average molecular weight is 199 g/mol. The highest BCUT2D eigenvalue weighted by Crippen LogP contribution is 2.24. The van der Waals surface area contributed by atoms with Crippen molar-refractivity contribution in [2.75, 3.05) is 19.8 Å². The molecule has 2 heterocycles. The van der Waals surface area contributed by atoms with E-state index in [2.05, 4.69) is 10.6 Å². The molecule has 2 fully saturated rings. The lowest BCUT2D eigenvalue weighted by Crippen LogP contribution is -2.55. The molecule has 0 unspecified atom stereocenters. The van der Waals surface area contributed by atoms with Gasteiger partial charge in [0.2, 0.25) is 5.91 Å². The fraction of sp³-hybridized carbons (Fsp3) is 0.750. The Morgan fingerprint density at radius 1 is 1.43 bits per heavy atom. The van der Waals surface area contributed by atoms with Gasteiger partial charge in [-0.05, 0) is 12.8 Å². The van der Waals surface area contributed by atoms with E-state index < -0.39 is 11.6 Å². The summed E-state index contributed by atoms with van der Waals surface area (Å²) in [7, 11) is 0. The predicted molar refractivity (Wildman–Crippen MR) is 47.7 cm³/mol. The van der Waals surface area contributed by atoms with Crippen molar-refractivity contribution in [2.24, 2.45) is 0 Å². The number of carbonyl (C=O) groups excluding carboxylic acids is 1. The second kappa shape index (κ2) is 3.13. The third-order valence-corrected chi connectivity index (χ3v) is 3.00. The van der Waals surface area contributed by atoms with Crippen molar-refractivity contribution >= 4 is 12.0 Å². The molecular formula is C8H13N3O3. The highest BCUT2D eigenvalue weighted by molar-refractivity contribution is 5.88. The molecule has 2 amide bonds. The molecule has 2 saturated heterocycles. The zero-order valence-corrected chi connectivity index (χ0v) is 7.75. The summed E-state index contributed by atoms with van der Waals surface area (Å²) in [5, 5.41) is 14.5. The van der Waals surface area contributed by atoms with E-state index in [9.17, 15) is 9.59 Å². The van der Waals surface area contributed by atoms with Crippen molar-refractivity contribution in [3.05, 3.63) is 0 Å². The van der Waals surface area contributed by atoms with Crippen molar-refractivity contribution in [3.8, 4) is 0 Å². The number of hydrogen-bond donors (Lipinski definition) is 3. The van der Waals surface area contributed by atoms with Gasteiger partial charge in [-0.2, -0.15) is 0 Å². The Morgan fingerprint density at radius 3 is 2.50 bits per heavy atom. The first-order chi connectivity index (χ1) is 6.64. The second-order valence-electron chi connectivity index (χ2n) is 3.71. The maximum atomic E-state index is 11.5. The van der Waals surface area contributed by atoms with Crippen LogP contribution >= 0.6 is 0 Å². The molecule has 0 saturated carbocycles. The zero-order chi connectivity index (χ0) is 10.2. The Labute approximate surface area is 81.3 Å². The molecule has 0 bridgehead atoms. The number of carbonyl (C=O) groups is 2. The number of rotatable bonds is 0. The van der Waals surface area contributed by atoms with Gasteiger partial charge in [0.05, 0.1) is 6.67 Å². The lowest BCUT2D eigenvalue weighted by Gasteiger charge is -2.35. The molecule has 6 heteroatoms. The standard InChI is InChI=1S/C8H13N3O3/c12-6-8(10-5-9-6)1-3-11(4-2-8)7(13)14/h10H,1-5H2,(H,9,12)(H,13,14). The van der Waals surface area contributed by atoms with E-state index in [4.69, 9.17) is 5.11 Å². The molecule has 3 N–H and O–H groups in total. The van der Waals surface area contributed by atoms with Gasteiger partial charge in [-0.15, -0.1) is 0 Å². The van der Waals surface area contributed by atoms with Crippen LogP contribution in [-0.2, 0) is 4.79 Å². The van der Waals surface area contributed by atoms with E-state index in [-0.39, 0.29) is 5.91 Å². The summed E-state index contributed by atoms with van der Waals surface area (Å²) in [6.07, 6.45) is 0.217. The number of hydrogen-bond acceptors (Lipinski definition) is 3. The molecule has 78 valence electrons. The monoisotopic (exact) mass is 199 g/mol. The van der Waals surface area contributed by atoms with Crippen LogP contribution in [0.25, 0.3) is 0 Å². The minimum Gasteiger partial charge on any atom is -0.465 e. The summed E-state index contributed by atoms with van der Waals surface area (Å²) in [6.45, 7) is 1.34.